The Bertz CT molecular complexity index is 974. The van der Waals surface area contributed by atoms with Crippen LogP contribution in [0, 0.1) is 6.92 Å². The van der Waals surface area contributed by atoms with Crippen LogP contribution >= 0.6 is 0 Å². The van der Waals surface area contributed by atoms with E-state index in [9.17, 15) is 14.7 Å². The maximum Gasteiger partial charge on any atom is 0.326 e. The minimum absolute atomic E-state index is 0.140. The highest BCUT2D eigenvalue weighted by atomic mass is 16.4. The summed E-state index contributed by atoms with van der Waals surface area (Å²) in [6.07, 6.45) is 1.89. The van der Waals surface area contributed by atoms with Crippen LogP contribution in [0.4, 0.5) is 0 Å². The fraction of sp³-hybridized carbons (Fsp3) is 0.294. The van der Waals surface area contributed by atoms with Gasteiger partial charge < -0.3 is 20.0 Å². The molecule has 4 rings (SSSR count). The molecule has 0 spiro atoms. The molecule has 1 amide bonds. The number of aliphatic carboxylic acids is 1. The lowest BCUT2D eigenvalue weighted by molar-refractivity contribution is -0.151. The molecule has 25 heavy (non-hydrogen) atoms. The van der Waals surface area contributed by atoms with E-state index in [4.69, 9.17) is 0 Å². The summed E-state index contributed by atoms with van der Waals surface area (Å²) in [4.78, 5) is 40.4. The second-order valence-corrected chi connectivity index (χ2v) is 6.26. The van der Waals surface area contributed by atoms with Crippen LogP contribution in [0.25, 0.3) is 11.0 Å². The van der Waals surface area contributed by atoms with Crippen molar-refractivity contribution >= 4 is 22.9 Å². The first-order valence-electron chi connectivity index (χ1n) is 8.00. The molecule has 8 heteroatoms. The molecule has 0 aliphatic carbocycles. The molecule has 0 unspecified atom stereocenters. The zero-order chi connectivity index (χ0) is 17.6. The van der Waals surface area contributed by atoms with Crippen molar-refractivity contribution < 1.29 is 14.7 Å². The molecule has 3 N–H and O–H groups in total. The summed E-state index contributed by atoms with van der Waals surface area (Å²) < 4.78 is 0. The number of benzene rings is 1. The first-order valence-corrected chi connectivity index (χ1v) is 8.00. The van der Waals surface area contributed by atoms with E-state index in [0.29, 0.717) is 5.69 Å². The van der Waals surface area contributed by atoms with E-state index in [2.05, 4.69) is 19.9 Å². The van der Waals surface area contributed by atoms with Gasteiger partial charge in [-0.05, 0) is 24.6 Å². The molecule has 3 aromatic rings. The molecule has 1 aromatic carbocycles. The van der Waals surface area contributed by atoms with Gasteiger partial charge in [0.05, 0.1) is 41.7 Å². The van der Waals surface area contributed by atoms with Gasteiger partial charge in [-0.25, -0.2) is 14.8 Å². The van der Waals surface area contributed by atoms with E-state index in [1.165, 1.54) is 11.2 Å². The lowest BCUT2D eigenvalue weighted by Crippen LogP contribution is -2.49. The number of aromatic nitrogens is 4. The average molecular weight is 339 g/mol. The number of fused-ring (bicyclic) bond motifs is 2. The predicted octanol–water partition coefficient (Wildman–Crippen LogP) is 1.18. The van der Waals surface area contributed by atoms with Crippen LogP contribution in [0.15, 0.2) is 24.5 Å². The minimum Gasteiger partial charge on any atom is -0.480 e. The minimum atomic E-state index is -1.01. The molecule has 1 aliphatic rings. The van der Waals surface area contributed by atoms with E-state index in [1.807, 2.05) is 25.1 Å². The highest BCUT2D eigenvalue weighted by Crippen LogP contribution is 2.22. The molecule has 1 aliphatic heterocycles. The lowest BCUT2D eigenvalue weighted by Gasteiger charge is -2.32. The number of aryl methyl sites for hydroxylation is 1. The summed E-state index contributed by atoms with van der Waals surface area (Å²) in [5.74, 6) is -0.419. The highest BCUT2D eigenvalue weighted by molar-refractivity contribution is 5.86. The van der Waals surface area contributed by atoms with Crippen molar-refractivity contribution in [2.75, 3.05) is 0 Å². The average Bonchev–Trinajstić information content (AvgIpc) is 3.17. The van der Waals surface area contributed by atoms with E-state index in [0.717, 1.165) is 28.1 Å². The van der Waals surface area contributed by atoms with Gasteiger partial charge in [0.1, 0.15) is 11.9 Å². The van der Waals surface area contributed by atoms with Crippen molar-refractivity contribution in [2.45, 2.75) is 32.4 Å². The third-order valence-electron chi connectivity index (χ3n) is 4.52. The number of amides is 1. The quantitative estimate of drug-likeness (QED) is 0.663. The Balaban J connectivity index is 1.58. The number of nitrogens with zero attached hydrogens (tertiary/aromatic N) is 3. The van der Waals surface area contributed by atoms with Gasteiger partial charge in [0.15, 0.2) is 0 Å². The van der Waals surface area contributed by atoms with Gasteiger partial charge in [0, 0.05) is 6.42 Å². The number of carbonyl (C=O) groups is 2. The Kier molecular flexibility index (Phi) is 3.52. The molecule has 128 valence electrons. The summed E-state index contributed by atoms with van der Waals surface area (Å²) >= 11 is 0. The Labute approximate surface area is 142 Å². The summed E-state index contributed by atoms with van der Waals surface area (Å²) in [6.45, 7) is 2.11. The summed E-state index contributed by atoms with van der Waals surface area (Å²) in [7, 11) is 0. The molecular formula is C17H17N5O3. The van der Waals surface area contributed by atoms with Crippen LogP contribution in [0.5, 0.6) is 0 Å². The van der Waals surface area contributed by atoms with E-state index < -0.39 is 12.0 Å². The van der Waals surface area contributed by atoms with E-state index in [1.54, 1.807) is 0 Å². The maximum atomic E-state index is 12.8. The van der Waals surface area contributed by atoms with Crippen molar-refractivity contribution in [1.29, 1.82) is 0 Å². The van der Waals surface area contributed by atoms with Crippen LogP contribution in [0.1, 0.15) is 22.8 Å². The number of imidazole rings is 2. The molecule has 0 radical (unpaired) electrons. The fourth-order valence-corrected chi connectivity index (χ4v) is 3.29. The standard InChI is InChI=1S/C17H17N5O3/c1-9-20-11-3-2-10(4-13(11)21-9)5-16(23)22-7-14-12(18-8-19-14)6-15(22)17(24)25/h2-4,8,15H,5-7H2,1H3,(H,18,19)(H,20,21)(H,24,25)/t15-/m0/s1. The number of hydrogen-bond acceptors (Lipinski definition) is 4. The Hall–Kier alpha value is -3.16. The number of H-pyrrole nitrogens is 2. The molecule has 0 fully saturated rings. The van der Waals surface area contributed by atoms with Crippen molar-refractivity contribution in [2.24, 2.45) is 0 Å². The van der Waals surface area contributed by atoms with Crippen LogP contribution in [-0.4, -0.2) is 47.9 Å². The first kappa shape index (κ1) is 15.4. The first-order chi connectivity index (χ1) is 12.0. The van der Waals surface area contributed by atoms with Gasteiger partial charge in [-0.3, -0.25) is 4.79 Å². The number of carboxylic acids is 1. The SMILES string of the molecule is Cc1nc2ccc(CC(=O)N3Cc4[nH]cnc4C[C@H]3C(=O)O)cc2[nH]1. The van der Waals surface area contributed by atoms with Crippen molar-refractivity contribution in [3.8, 4) is 0 Å². The number of rotatable bonds is 3. The van der Waals surface area contributed by atoms with Crippen LogP contribution in [0.2, 0.25) is 0 Å². The molecule has 0 saturated heterocycles. The molecule has 0 bridgehead atoms. The number of aromatic amines is 2. The largest absolute Gasteiger partial charge is 0.480 e. The Morgan fingerprint density at radius 1 is 1.40 bits per heavy atom. The Morgan fingerprint density at radius 2 is 2.24 bits per heavy atom. The van der Waals surface area contributed by atoms with Crippen LogP contribution in [-0.2, 0) is 29.0 Å². The number of nitrogens with one attached hydrogen (secondary N) is 2. The van der Waals surface area contributed by atoms with E-state index >= 15 is 0 Å². The van der Waals surface area contributed by atoms with Gasteiger partial charge in [-0.1, -0.05) is 6.07 Å². The zero-order valence-electron chi connectivity index (χ0n) is 13.6. The van der Waals surface area contributed by atoms with Gasteiger partial charge in [-0.15, -0.1) is 0 Å². The molecule has 0 saturated carbocycles. The van der Waals surface area contributed by atoms with Crippen molar-refractivity contribution in [1.82, 2.24) is 24.8 Å². The summed E-state index contributed by atoms with van der Waals surface area (Å²) in [5, 5.41) is 9.49. The fourth-order valence-electron chi connectivity index (χ4n) is 3.29. The second-order valence-electron chi connectivity index (χ2n) is 6.26. The van der Waals surface area contributed by atoms with Crippen molar-refractivity contribution in [3.63, 3.8) is 0 Å². The maximum absolute atomic E-state index is 12.8. The van der Waals surface area contributed by atoms with Crippen molar-refractivity contribution in [3.05, 3.63) is 47.3 Å². The van der Waals surface area contributed by atoms with Gasteiger partial charge in [0.25, 0.3) is 0 Å². The predicted molar refractivity (Wildman–Crippen MR) is 88.8 cm³/mol. The Morgan fingerprint density at radius 3 is 3.04 bits per heavy atom. The normalized spacial score (nSPS) is 16.8. The number of hydrogen-bond donors (Lipinski definition) is 3. The number of carboxylic acid groups (broad SMARTS) is 1. The summed E-state index contributed by atoms with van der Waals surface area (Å²) in [5.41, 5.74) is 4.04. The van der Waals surface area contributed by atoms with Crippen LogP contribution < -0.4 is 0 Å². The third-order valence-corrected chi connectivity index (χ3v) is 4.52. The second kappa shape index (κ2) is 5.73. The van der Waals surface area contributed by atoms with Crippen LogP contribution in [0.3, 0.4) is 0 Å². The molecule has 1 atom stereocenters. The number of carbonyl (C=O) groups excluding carboxylic acids is 1. The van der Waals surface area contributed by atoms with Gasteiger partial charge >= 0.3 is 5.97 Å². The third kappa shape index (κ3) is 2.75. The van der Waals surface area contributed by atoms with Gasteiger partial charge in [-0.2, -0.15) is 0 Å². The zero-order valence-corrected chi connectivity index (χ0v) is 13.6. The smallest absolute Gasteiger partial charge is 0.326 e. The molecular weight excluding hydrogens is 322 g/mol. The molecule has 2 aromatic heterocycles. The topological polar surface area (TPSA) is 115 Å². The molecule has 8 nitrogen and oxygen atoms in total. The highest BCUT2D eigenvalue weighted by Gasteiger charge is 2.35. The summed E-state index contributed by atoms with van der Waals surface area (Å²) in [6, 6.07) is 4.71. The van der Waals surface area contributed by atoms with E-state index in [-0.39, 0.29) is 25.3 Å². The lowest BCUT2D eigenvalue weighted by atomic mass is 10.0. The monoisotopic (exact) mass is 339 g/mol. The molecule has 3 heterocycles. The van der Waals surface area contributed by atoms with Gasteiger partial charge in [0.2, 0.25) is 5.91 Å².